The molecule has 0 spiro atoms. The van der Waals surface area contributed by atoms with Gasteiger partial charge in [0.05, 0.1) is 0 Å². The number of hydrogen-bond donors (Lipinski definition) is 2. The third-order valence-corrected chi connectivity index (χ3v) is 7.00. The van der Waals surface area contributed by atoms with Gasteiger partial charge in [-0.15, -0.1) is 24.8 Å². The first-order chi connectivity index (χ1) is 15.1. The van der Waals surface area contributed by atoms with Crippen LogP contribution in [0.15, 0.2) is 41.2 Å². The van der Waals surface area contributed by atoms with Crippen LogP contribution >= 0.6 is 24.8 Å². The molecule has 2 fully saturated rings. The number of benzene rings is 1. The van der Waals surface area contributed by atoms with Gasteiger partial charge in [-0.2, -0.15) is 0 Å². The molecule has 6 nitrogen and oxygen atoms in total. The first kappa shape index (κ1) is 25.7. The largest absolute Gasteiger partial charge is 0.349 e. The molecule has 1 amide bonds. The van der Waals surface area contributed by atoms with Crippen molar-refractivity contribution >= 4 is 30.7 Å². The highest BCUT2D eigenvalue weighted by Crippen LogP contribution is 2.31. The molecule has 3 aliphatic heterocycles. The quantitative estimate of drug-likeness (QED) is 0.682. The number of nitrogens with zero attached hydrogens (tertiary/aromatic N) is 2. The van der Waals surface area contributed by atoms with Crippen LogP contribution < -0.4 is 16.2 Å². The Balaban J connectivity index is 0.00000153. The first-order valence-electron chi connectivity index (χ1n) is 11.3. The molecule has 2 N–H and O–H groups in total. The highest BCUT2D eigenvalue weighted by atomic mass is 35.5. The topological polar surface area (TPSA) is 66.4 Å². The van der Waals surface area contributed by atoms with E-state index < -0.39 is 0 Å². The van der Waals surface area contributed by atoms with Crippen molar-refractivity contribution in [1.82, 2.24) is 20.1 Å². The monoisotopic (exact) mass is 496 g/mol. The number of pyridine rings is 1. The van der Waals surface area contributed by atoms with Gasteiger partial charge in [0.1, 0.15) is 11.4 Å². The van der Waals surface area contributed by atoms with Gasteiger partial charge in [0.25, 0.3) is 11.5 Å². The summed E-state index contributed by atoms with van der Waals surface area (Å²) in [5.41, 5.74) is 2.25. The molecule has 1 aromatic heterocycles. The lowest BCUT2D eigenvalue weighted by Crippen LogP contribution is -2.48. The summed E-state index contributed by atoms with van der Waals surface area (Å²) >= 11 is 0. The lowest BCUT2D eigenvalue weighted by atomic mass is 9.84. The van der Waals surface area contributed by atoms with Crippen LogP contribution in [0.1, 0.15) is 46.8 Å². The summed E-state index contributed by atoms with van der Waals surface area (Å²) in [5.74, 6) is 0.352. The van der Waals surface area contributed by atoms with E-state index in [2.05, 4.69) is 15.5 Å². The summed E-state index contributed by atoms with van der Waals surface area (Å²) in [6.45, 7) is 5.04. The fourth-order valence-corrected chi connectivity index (χ4v) is 5.31. The van der Waals surface area contributed by atoms with Crippen LogP contribution in [-0.2, 0) is 13.1 Å². The van der Waals surface area contributed by atoms with Crippen LogP contribution in [-0.4, -0.2) is 47.6 Å². The molecule has 0 unspecified atom stereocenters. The number of amides is 1. The van der Waals surface area contributed by atoms with Crippen molar-refractivity contribution in [3.05, 3.63) is 69.4 Å². The normalized spacial score (nSPS) is 22.5. The summed E-state index contributed by atoms with van der Waals surface area (Å²) in [5, 5.41) is 6.53. The maximum absolute atomic E-state index is 13.1. The van der Waals surface area contributed by atoms with E-state index in [4.69, 9.17) is 0 Å². The Morgan fingerprint density at radius 1 is 1.06 bits per heavy atom. The van der Waals surface area contributed by atoms with E-state index in [1.165, 1.54) is 12.1 Å². The Bertz CT molecular complexity index is 1020. The van der Waals surface area contributed by atoms with Gasteiger partial charge in [0.15, 0.2) is 0 Å². The molecule has 180 valence electrons. The van der Waals surface area contributed by atoms with Crippen LogP contribution in [0.5, 0.6) is 0 Å². The number of carbonyl (C=O) groups is 1. The van der Waals surface area contributed by atoms with Gasteiger partial charge in [-0.1, -0.05) is 12.1 Å². The van der Waals surface area contributed by atoms with E-state index in [1.807, 2.05) is 22.8 Å². The second kappa shape index (κ2) is 11.0. The highest BCUT2D eigenvalue weighted by molar-refractivity contribution is 5.94. The predicted octanol–water partition coefficient (Wildman–Crippen LogP) is 2.93. The van der Waals surface area contributed by atoms with E-state index in [0.29, 0.717) is 18.4 Å². The Morgan fingerprint density at radius 3 is 2.52 bits per heavy atom. The maximum Gasteiger partial charge on any atom is 0.263 e. The molecular formula is C24H31Cl2FN4O2. The van der Waals surface area contributed by atoms with Crippen LogP contribution in [0.3, 0.4) is 0 Å². The van der Waals surface area contributed by atoms with Gasteiger partial charge < -0.3 is 15.2 Å². The summed E-state index contributed by atoms with van der Waals surface area (Å²) in [7, 11) is 0. The minimum atomic E-state index is -0.258. The number of rotatable bonds is 4. The number of hydrogen-bond acceptors (Lipinski definition) is 4. The van der Waals surface area contributed by atoms with Crippen LogP contribution in [0.25, 0.3) is 0 Å². The average Bonchev–Trinajstić information content (AvgIpc) is 2.78. The molecule has 2 aromatic rings. The smallest absolute Gasteiger partial charge is 0.263 e. The van der Waals surface area contributed by atoms with E-state index >= 15 is 0 Å². The zero-order valence-corrected chi connectivity index (χ0v) is 20.1. The number of likely N-dealkylation sites (tertiary alicyclic amines) is 1. The Morgan fingerprint density at radius 2 is 1.79 bits per heavy atom. The Hall–Kier alpha value is -1.93. The minimum absolute atomic E-state index is 0. The molecule has 0 aliphatic carbocycles. The molecule has 2 saturated heterocycles. The van der Waals surface area contributed by atoms with E-state index in [-0.39, 0.29) is 53.7 Å². The molecule has 33 heavy (non-hydrogen) atoms. The number of fused-ring (bicyclic) bond motifs is 4. The van der Waals surface area contributed by atoms with E-state index in [0.717, 1.165) is 63.2 Å². The molecule has 9 heteroatoms. The van der Waals surface area contributed by atoms with Crippen molar-refractivity contribution in [2.24, 2.45) is 5.92 Å². The average molecular weight is 497 g/mol. The standard InChI is InChI=1S/C24H29FN4O2.2ClH/c25-19-3-1-16(2-4-19)14-28-9-7-20(8-10-28)27-23(30)21-5-6-22-18-11-17(12-26-13-18)15-29(22)24(21)31;;/h1-6,17-18,20,26H,7-15H2,(H,27,30);2*1H/t17-,18+;;/m0../s1. The third-order valence-electron chi connectivity index (χ3n) is 7.00. The Labute approximate surface area is 205 Å². The minimum Gasteiger partial charge on any atom is -0.349 e. The van der Waals surface area contributed by atoms with E-state index in [9.17, 15) is 14.0 Å². The van der Waals surface area contributed by atoms with Gasteiger partial charge in [-0.25, -0.2) is 4.39 Å². The summed E-state index contributed by atoms with van der Waals surface area (Å²) < 4.78 is 14.9. The zero-order chi connectivity index (χ0) is 21.4. The van der Waals surface area contributed by atoms with Crippen LogP contribution in [0, 0.1) is 11.7 Å². The van der Waals surface area contributed by atoms with Crippen molar-refractivity contribution in [1.29, 1.82) is 0 Å². The predicted molar refractivity (Wildman–Crippen MR) is 131 cm³/mol. The lowest BCUT2D eigenvalue weighted by molar-refractivity contribution is 0.0906. The lowest BCUT2D eigenvalue weighted by Gasteiger charge is -2.37. The SMILES string of the molecule is Cl.Cl.O=C(NC1CCN(Cc2ccc(F)cc2)CC1)c1ccc2n(c1=O)C[C@@H]1CNC[C@H]2C1. The highest BCUT2D eigenvalue weighted by Gasteiger charge is 2.32. The molecule has 5 rings (SSSR count). The van der Waals surface area contributed by atoms with Crippen molar-refractivity contribution in [2.45, 2.75) is 44.3 Å². The van der Waals surface area contributed by atoms with Crippen molar-refractivity contribution in [3.63, 3.8) is 0 Å². The van der Waals surface area contributed by atoms with Gasteiger partial charge in [-0.3, -0.25) is 14.5 Å². The molecule has 0 radical (unpaired) electrons. The number of nitrogens with one attached hydrogen (secondary N) is 2. The number of halogens is 3. The van der Waals surface area contributed by atoms with Crippen molar-refractivity contribution in [2.75, 3.05) is 26.2 Å². The molecule has 0 saturated carbocycles. The van der Waals surface area contributed by atoms with Crippen molar-refractivity contribution in [3.8, 4) is 0 Å². The fourth-order valence-electron chi connectivity index (χ4n) is 5.31. The first-order valence-corrected chi connectivity index (χ1v) is 11.3. The van der Waals surface area contributed by atoms with Gasteiger partial charge in [0, 0.05) is 50.4 Å². The van der Waals surface area contributed by atoms with Gasteiger partial charge in [0.2, 0.25) is 0 Å². The van der Waals surface area contributed by atoms with Crippen molar-refractivity contribution < 1.29 is 9.18 Å². The second-order valence-corrected chi connectivity index (χ2v) is 9.19. The zero-order valence-electron chi connectivity index (χ0n) is 18.5. The summed E-state index contributed by atoms with van der Waals surface area (Å²) in [6, 6.07) is 10.4. The number of aromatic nitrogens is 1. The molecule has 4 heterocycles. The van der Waals surface area contributed by atoms with Gasteiger partial charge >= 0.3 is 0 Å². The summed E-state index contributed by atoms with van der Waals surface area (Å²) in [6.07, 6.45) is 2.80. The van der Waals surface area contributed by atoms with Crippen LogP contribution in [0.2, 0.25) is 0 Å². The molecule has 3 aliphatic rings. The molecule has 2 bridgehead atoms. The van der Waals surface area contributed by atoms with E-state index in [1.54, 1.807) is 6.07 Å². The second-order valence-electron chi connectivity index (χ2n) is 9.19. The Kier molecular flexibility index (Phi) is 8.56. The summed E-state index contributed by atoms with van der Waals surface area (Å²) in [4.78, 5) is 28.3. The third kappa shape index (κ3) is 5.60. The number of piperidine rings is 2. The maximum atomic E-state index is 13.1. The van der Waals surface area contributed by atoms with Gasteiger partial charge in [-0.05, 0) is 61.6 Å². The number of carbonyl (C=O) groups excluding carboxylic acids is 1. The molecular weight excluding hydrogens is 466 g/mol. The fraction of sp³-hybridized carbons (Fsp3) is 0.500. The molecule has 1 aromatic carbocycles. The van der Waals surface area contributed by atoms with Crippen LogP contribution in [0.4, 0.5) is 4.39 Å². The molecule has 2 atom stereocenters.